The van der Waals surface area contributed by atoms with Gasteiger partial charge in [-0.3, -0.25) is 4.99 Å². The molecule has 8 heteroatoms. The van der Waals surface area contributed by atoms with E-state index in [4.69, 9.17) is 4.74 Å². The van der Waals surface area contributed by atoms with Gasteiger partial charge in [-0.15, -0.1) is 0 Å². The number of benzene rings is 1. The van der Waals surface area contributed by atoms with Crippen LogP contribution in [0.15, 0.2) is 23.2 Å². The molecule has 0 aliphatic rings. The number of hydrogen-bond acceptors (Lipinski definition) is 3. The maximum absolute atomic E-state index is 13.9. The van der Waals surface area contributed by atoms with Crippen molar-refractivity contribution < 1.29 is 22.6 Å². The molecule has 0 amide bonds. The summed E-state index contributed by atoms with van der Waals surface area (Å²) >= 11 is 0. The molecule has 1 rings (SSSR count). The van der Waals surface area contributed by atoms with Crippen molar-refractivity contribution in [3.8, 4) is 5.75 Å². The van der Waals surface area contributed by atoms with Crippen molar-refractivity contribution in [1.29, 1.82) is 0 Å². The van der Waals surface area contributed by atoms with E-state index in [1.807, 2.05) is 0 Å². The van der Waals surface area contributed by atoms with Crippen LogP contribution in [0, 0.1) is 11.7 Å². The van der Waals surface area contributed by atoms with E-state index in [0.29, 0.717) is 31.6 Å². The molecule has 0 aliphatic heterocycles. The van der Waals surface area contributed by atoms with Crippen molar-refractivity contribution in [2.45, 2.75) is 33.4 Å². The van der Waals surface area contributed by atoms with Gasteiger partial charge in [0.05, 0.1) is 6.61 Å². The molecule has 5 nitrogen and oxygen atoms in total. The van der Waals surface area contributed by atoms with Gasteiger partial charge in [0, 0.05) is 32.3 Å². The second-order valence-corrected chi connectivity index (χ2v) is 5.74. The van der Waals surface area contributed by atoms with Crippen LogP contribution in [0.25, 0.3) is 0 Å². The third-order valence-corrected chi connectivity index (χ3v) is 3.33. The number of rotatable bonds is 10. The zero-order valence-corrected chi connectivity index (χ0v) is 14.8. The maximum atomic E-state index is 13.9. The Morgan fingerprint density at radius 3 is 2.60 bits per heavy atom. The van der Waals surface area contributed by atoms with Gasteiger partial charge in [0.25, 0.3) is 0 Å². The number of alkyl halides is 2. The quantitative estimate of drug-likeness (QED) is 0.382. The van der Waals surface area contributed by atoms with Gasteiger partial charge in [0.1, 0.15) is 11.6 Å². The number of aliphatic imine (C=N–C) groups is 1. The van der Waals surface area contributed by atoms with Gasteiger partial charge in [0.15, 0.2) is 5.96 Å². The molecular formula is C17H26F3N3O2. The van der Waals surface area contributed by atoms with Crippen LogP contribution in [0.5, 0.6) is 5.75 Å². The van der Waals surface area contributed by atoms with Crippen LogP contribution in [0.1, 0.15) is 25.8 Å². The van der Waals surface area contributed by atoms with Gasteiger partial charge >= 0.3 is 6.61 Å². The lowest BCUT2D eigenvalue weighted by atomic mass is 10.1. The molecule has 1 aromatic rings. The largest absolute Gasteiger partial charge is 0.434 e. The van der Waals surface area contributed by atoms with Gasteiger partial charge in [-0.2, -0.15) is 8.78 Å². The van der Waals surface area contributed by atoms with E-state index in [2.05, 4.69) is 34.2 Å². The first-order valence-electron chi connectivity index (χ1n) is 8.18. The summed E-state index contributed by atoms with van der Waals surface area (Å²) in [6.45, 7) is 2.92. The zero-order valence-electron chi connectivity index (χ0n) is 14.8. The molecule has 0 aliphatic carbocycles. The predicted octanol–water partition coefficient (Wildman–Crippen LogP) is 3.15. The molecule has 0 atom stereocenters. The van der Waals surface area contributed by atoms with Gasteiger partial charge in [0.2, 0.25) is 0 Å². The summed E-state index contributed by atoms with van der Waals surface area (Å²) in [7, 11) is 1.56. The molecule has 0 bridgehead atoms. The van der Waals surface area contributed by atoms with Gasteiger partial charge < -0.3 is 20.1 Å². The van der Waals surface area contributed by atoms with Crippen molar-refractivity contribution in [2.24, 2.45) is 10.9 Å². The lowest BCUT2D eigenvalue weighted by molar-refractivity contribution is -0.0506. The van der Waals surface area contributed by atoms with Crippen LogP contribution in [0.3, 0.4) is 0 Å². The van der Waals surface area contributed by atoms with E-state index in [0.717, 1.165) is 6.42 Å². The molecule has 0 spiro atoms. The summed E-state index contributed by atoms with van der Waals surface area (Å²) in [6.07, 6.45) is 0.993. The van der Waals surface area contributed by atoms with Gasteiger partial charge in [-0.05, 0) is 24.5 Å². The number of halogens is 3. The monoisotopic (exact) mass is 361 g/mol. The minimum absolute atomic E-state index is 0.0129. The van der Waals surface area contributed by atoms with E-state index < -0.39 is 12.4 Å². The Morgan fingerprint density at radius 1 is 1.20 bits per heavy atom. The van der Waals surface area contributed by atoms with Crippen LogP contribution in [-0.4, -0.2) is 39.4 Å². The first-order chi connectivity index (χ1) is 11.9. The molecule has 25 heavy (non-hydrogen) atoms. The normalized spacial score (nSPS) is 11.9. The van der Waals surface area contributed by atoms with Gasteiger partial charge in [-0.25, -0.2) is 4.39 Å². The molecule has 0 unspecified atom stereocenters. The Balaban J connectivity index is 2.45. The van der Waals surface area contributed by atoms with Crippen LogP contribution in [-0.2, 0) is 11.3 Å². The number of nitrogens with one attached hydrogen (secondary N) is 2. The fourth-order valence-corrected chi connectivity index (χ4v) is 1.97. The standard InChI is InChI=1S/C17H26F3N3O2/c1-12(2)7-9-24-10-8-22-17(21-3)23-11-13-14(18)5-4-6-15(13)25-16(19)20/h4-6,12,16H,7-11H2,1-3H3,(H2,21,22,23). The molecule has 1 aromatic carbocycles. The second-order valence-electron chi connectivity index (χ2n) is 5.74. The highest BCUT2D eigenvalue weighted by Gasteiger charge is 2.14. The third kappa shape index (κ3) is 8.62. The Bertz CT molecular complexity index is 540. The van der Waals surface area contributed by atoms with Crippen LogP contribution < -0.4 is 15.4 Å². The van der Waals surface area contributed by atoms with E-state index in [-0.39, 0.29) is 17.9 Å². The summed E-state index contributed by atoms with van der Waals surface area (Å²) in [5.41, 5.74) is 0.0129. The van der Waals surface area contributed by atoms with Crippen molar-refractivity contribution in [2.75, 3.05) is 26.8 Å². The fourth-order valence-electron chi connectivity index (χ4n) is 1.97. The number of ether oxygens (including phenoxy) is 2. The maximum Gasteiger partial charge on any atom is 0.387 e. The Hall–Kier alpha value is -1.96. The molecular weight excluding hydrogens is 335 g/mol. The van der Waals surface area contributed by atoms with Crippen LogP contribution in [0.2, 0.25) is 0 Å². The Morgan fingerprint density at radius 2 is 1.96 bits per heavy atom. The highest BCUT2D eigenvalue weighted by Crippen LogP contribution is 2.23. The molecule has 0 fully saturated rings. The van der Waals surface area contributed by atoms with Crippen LogP contribution in [0.4, 0.5) is 13.2 Å². The summed E-state index contributed by atoms with van der Waals surface area (Å²) in [4.78, 5) is 4.00. The molecule has 2 N–H and O–H groups in total. The molecule has 142 valence electrons. The zero-order chi connectivity index (χ0) is 18.7. The summed E-state index contributed by atoms with van der Waals surface area (Å²) in [5, 5.41) is 5.88. The third-order valence-electron chi connectivity index (χ3n) is 3.33. The average molecular weight is 361 g/mol. The van der Waals surface area contributed by atoms with Crippen molar-refractivity contribution >= 4 is 5.96 Å². The molecule has 0 radical (unpaired) electrons. The second kappa shape index (κ2) is 11.6. The molecule has 0 heterocycles. The predicted molar refractivity (Wildman–Crippen MR) is 91.5 cm³/mol. The Labute approximate surface area is 146 Å². The van der Waals surface area contributed by atoms with Crippen LogP contribution >= 0.6 is 0 Å². The summed E-state index contributed by atoms with van der Waals surface area (Å²) < 4.78 is 48.5. The van der Waals surface area contributed by atoms with E-state index in [1.54, 1.807) is 7.05 Å². The summed E-state index contributed by atoms with van der Waals surface area (Å²) in [6, 6.07) is 3.80. The minimum Gasteiger partial charge on any atom is -0.434 e. The first-order valence-corrected chi connectivity index (χ1v) is 8.18. The van der Waals surface area contributed by atoms with Gasteiger partial charge in [-0.1, -0.05) is 19.9 Å². The lowest BCUT2D eigenvalue weighted by Gasteiger charge is -2.15. The van der Waals surface area contributed by atoms with Crippen molar-refractivity contribution in [1.82, 2.24) is 10.6 Å². The Kier molecular flexibility index (Phi) is 9.76. The first kappa shape index (κ1) is 21.1. The highest BCUT2D eigenvalue weighted by atomic mass is 19.3. The fraction of sp³-hybridized carbons (Fsp3) is 0.588. The van der Waals surface area contributed by atoms with E-state index in [9.17, 15) is 13.2 Å². The van der Waals surface area contributed by atoms with E-state index >= 15 is 0 Å². The lowest BCUT2D eigenvalue weighted by Crippen LogP contribution is -2.38. The SMILES string of the molecule is CN=C(NCCOCCC(C)C)NCc1c(F)cccc1OC(F)F. The minimum atomic E-state index is -3.01. The molecule has 0 saturated heterocycles. The number of nitrogens with zero attached hydrogens (tertiary/aromatic N) is 1. The van der Waals surface area contributed by atoms with E-state index in [1.165, 1.54) is 18.2 Å². The smallest absolute Gasteiger partial charge is 0.387 e. The van der Waals surface area contributed by atoms with Crippen molar-refractivity contribution in [3.05, 3.63) is 29.6 Å². The molecule has 0 saturated carbocycles. The number of hydrogen-bond donors (Lipinski definition) is 2. The number of guanidine groups is 1. The highest BCUT2D eigenvalue weighted by molar-refractivity contribution is 5.79. The topological polar surface area (TPSA) is 54.9 Å². The molecule has 0 aromatic heterocycles. The average Bonchev–Trinajstić information content (AvgIpc) is 2.54. The summed E-state index contributed by atoms with van der Waals surface area (Å²) in [5.74, 6) is 0.180. The van der Waals surface area contributed by atoms with Crippen molar-refractivity contribution in [3.63, 3.8) is 0 Å².